The second-order valence-electron chi connectivity index (χ2n) is 8.85. The first kappa shape index (κ1) is 20.3. The maximum absolute atomic E-state index is 13.3. The normalized spacial score (nSPS) is 18.7. The lowest BCUT2D eigenvalue weighted by Crippen LogP contribution is -2.28. The number of benzene rings is 3. The molecule has 1 atom stereocenters. The molecule has 0 aromatic heterocycles. The van der Waals surface area contributed by atoms with Gasteiger partial charge in [-0.2, -0.15) is 4.31 Å². The highest BCUT2D eigenvalue weighted by molar-refractivity contribution is 7.89. The highest BCUT2D eigenvalue weighted by Crippen LogP contribution is 2.40. The summed E-state index contributed by atoms with van der Waals surface area (Å²) in [5.41, 5.74) is 7.99. The van der Waals surface area contributed by atoms with Crippen molar-refractivity contribution in [3.63, 3.8) is 0 Å². The van der Waals surface area contributed by atoms with Gasteiger partial charge in [-0.3, -0.25) is 0 Å². The van der Waals surface area contributed by atoms with Gasteiger partial charge in [-0.1, -0.05) is 42.0 Å². The van der Waals surface area contributed by atoms with Gasteiger partial charge in [0, 0.05) is 24.3 Å². The summed E-state index contributed by atoms with van der Waals surface area (Å²) in [6.07, 6.45) is 2.48. The van der Waals surface area contributed by atoms with E-state index in [2.05, 4.69) is 48.6 Å². The summed E-state index contributed by atoms with van der Waals surface area (Å²) in [5, 5.41) is 3.62. The number of aryl methyl sites for hydroxylation is 1. The Balaban J connectivity index is 1.47. The minimum atomic E-state index is -3.55. The van der Waals surface area contributed by atoms with Crippen molar-refractivity contribution in [2.24, 2.45) is 0 Å². The van der Waals surface area contributed by atoms with Crippen LogP contribution in [-0.4, -0.2) is 18.8 Å². The second kappa shape index (κ2) is 7.50. The Morgan fingerprint density at radius 1 is 0.968 bits per heavy atom. The maximum atomic E-state index is 13.3. The van der Waals surface area contributed by atoms with E-state index in [9.17, 15) is 8.42 Å². The summed E-state index contributed by atoms with van der Waals surface area (Å²) in [6.45, 7) is 6.50. The number of hydrogen-bond donors (Lipinski definition) is 1. The molecule has 0 spiro atoms. The van der Waals surface area contributed by atoms with Gasteiger partial charge in [0.1, 0.15) is 0 Å². The van der Waals surface area contributed by atoms with E-state index >= 15 is 0 Å². The minimum Gasteiger partial charge on any atom is -0.382 e. The highest BCUT2D eigenvalue weighted by Gasteiger charge is 2.36. The summed E-state index contributed by atoms with van der Waals surface area (Å²) >= 11 is 0. The average Bonchev–Trinajstić information content (AvgIpc) is 3.51. The lowest BCUT2D eigenvalue weighted by Gasteiger charge is -2.21. The van der Waals surface area contributed by atoms with Crippen molar-refractivity contribution < 1.29 is 8.42 Å². The van der Waals surface area contributed by atoms with Crippen LogP contribution in [0.2, 0.25) is 0 Å². The molecule has 0 amide bonds. The van der Waals surface area contributed by atoms with Crippen LogP contribution in [0.25, 0.3) is 11.1 Å². The van der Waals surface area contributed by atoms with E-state index in [0.29, 0.717) is 17.5 Å². The molecule has 5 rings (SSSR count). The van der Waals surface area contributed by atoms with Crippen molar-refractivity contribution in [2.75, 3.05) is 5.32 Å². The first-order valence-corrected chi connectivity index (χ1v) is 12.4. The van der Waals surface area contributed by atoms with E-state index in [1.165, 1.54) is 29.7 Å². The first-order valence-electron chi connectivity index (χ1n) is 10.9. The third-order valence-corrected chi connectivity index (χ3v) is 8.49. The maximum Gasteiger partial charge on any atom is 0.243 e. The largest absolute Gasteiger partial charge is 0.382 e. The van der Waals surface area contributed by atoms with E-state index in [1.807, 2.05) is 26.0 Å². The molecule has 1 aliphatic carbocycles. The van der Waals surface area contributed by atoms with Gasteiger partial charge in [-0.05, 0) is 85.7 Å². The summed E-state index contributed by atoms with van der Waals surface area (Å²) < 4.78 is 28.2. The molecule has 1 aliphatic heterocycles. The molecule has 31 heavy (non-hydrogen) atoms. The van der Waals surface area contributed by atoms with Crippen LogP contribution in [0.4, 0.5) is 5.69 Å². The van der Waals surface area contributed by atoms with Crippen LogP contribution in [0, 0.1) is 13.8 Å². The summed E-state index contributed by atoms with van der Waals surface area (Å²) in [4.78, 5) is 0.354. The Labute approximate surface area is 185 Å². The van der Waals surface area contributed by atoms with Crippen LogP contribution < -0.4 is 5.32 Å². The van der Waals surface area contributed by atoms with Gasteiger partial charge < -0.3 is 5.32 Å². The number of anilines is 1. The second-order valence-corrected chi connectivity index (χ2v) is 10.7. The van der Waals surface area contributed by atoms with Crippen LogP contribution in [-0.2, 0) is 16.6 Å². The molecule has 0 saturated heterocycles. The fourth-order valence-corrected chi connectivity index (χ4v) is 6.06. The molecule has 2 aliphatic rings. The van der Waals surface area contributed by atoms with Crippen LogP contribution in [0.1, 0.15) is 48.1 Å². The van der Waals surface area contributed by atoms with Crippen LogP contribution in [0.3, 0.4) is 0 Å². The summed E-state index contributed by atoms with van der Waals surface area (Å²) in [7, 11) is -3.55. The molecule has 3 aromatic carbocycles. The predicted molar refractivity (Wildman–Crippen MR) is 126 cm³/mol. The molecule has 160 valence electrons. The Morgan fingerprint density at radius 3 is 2.42 bits per heavy atom. The Hall–Kier alpha value is -2.63. The van der Waals surface area contributed by atoms with Gasteiger partial charge in [0.2, 0.25) is 10.0 Å². The zero-order chi connectivity index (χ0) is 21.8. The fraction of sp³-hybridized carbons (Fsp3) is 0.308. The van der Waals surface area contributed by atoms with E-state index in [0.717, 1.165) is 22.3 Å². The van der Waals surface area contributed by atoms with E-state index < -0.39 is 10.0 Å². The quantitative estimate of drug-likeness (QED) is 0.553. The van der Waals surface area contributed by atoms with Crippen molar-refractivity contribution in [1.82, 2.24) is 4.31 Å². The molecular formula is C26H28N2O2S. The number of sulfonamides is 1. The molecule has 1 heterocycles. The van der Waals surface area contributed by atoms with Gasteiger partial charge in [0.05, 0.1) is 4.90 Å². The average molecular weight is 433 g/mol. The SMILES string of the molecule is Cc1ccc(S(=O)(=O)N2Cc3cc(-c4cccc(NC5CC5)c4C)ccc3C2C)cc1. The summed E-state index contributed by atoms with van der Waals surface area (Å²) in [6, 6.07) is 20.3. The Bertz CT molecular complexity index is 1240. The van der Waals surface area contributed by atoms with Gasteiger partial charge >= 0.3 is 0 Å². The molecule has 1 fully saturated rings. The predicted octanol–water partition coefficient (Wildman–Crippen LogP) is 5.81. The Morgan fingerprint density at radius 2 is 1.71 bits per heavy atom. The van der Waals surface area contributed by atoms with Crippen molar-refractivity contribution in [2.45, 2.75) is 57.1 Å². The van der Waals surface area contributed by atoms with E-state index in [4.69, 9.17) is 0 Å². The van der Waals surface area contributed by atoms with Crippen LogP contribution in [0.15, 0.2) is 65.6 Å². The van der Waals surface area contributed by atoms with Crippen LogP contribution >= 0.6 is 0 Å². The third kappa shape index (κ3) is 3.66. The van der Waals surface area contributed by atoms with Crippen molar-refractivity contribution in [3.05, 3.63) is 82.9 Å². The monoisotopic (exact) mass is 432 g/mol. The van der Waals surface area contributed by atoms with Gasteiger partial charge in [0.25, 0.3) is 0 Å². The standard InChI is InChI=1S/C26H28N2O2S/c1-17-7-12-23(13-8-17)31(29,30)28-16-21-15-20(9-14-25(21)19(28)3)24-5-4-6-26(18(24)2)27-22-10-11-22/h4-9,12-15,19,22,27H,10-11,16H2,1-3H3. The number of rotatable bonds is 5. The van der Waals surface area contributed by atoms with E-state index in [-0.39, 0.29) is 6.04 Å². The van der Waals surface area contributed by atoms with Crippen molar-refractivity contribution in [1.29, 1.82) is 0 Å². The third-order valence-electron chi connectivity index (χ3n) is 6.56. The topological polar surface area (TPSA) is 49.4 Å². The van der Waals surface area contributed by atoms with Gasteiger partial charge in [0.15, 0.2) is 0 Å². The molecule has 1 N–H and O–H groups in total. The van der Waals surface area contributed by atoms with Gasteiger partial charge in [-0.15, -0.1) is 0 Å². The zero-order valence-electron chi connectivity index (χ0n) is 18.2. The molecule has 0 radical (unpaired) electrons. The van der Waals surface area contributed by atoms with Crippen molar-refractivity contribution >= 4 is 15.7 Å². The smallest absolute Gasteiger partial charge is 0.243 e. The molecule has 0 bridgehead atoms. The summed E-state index contributed by atoms with van der Waals surface area (Å²) in [5.74, 6) is 0. The minimum absolute atomic E-state index is 0.181. The molecule has 5 heteroatoms. The Kier molecular flexibility index (Phi) is 4.91. The molecule has 1 unspecified atom stereocenters. The number of hydrogen-bond acceptors (Lipinski definition) is 3. The molecular weight excluding hydrogens is 404 g/mol. The lowest BCUT2D eigenvalue weighted by atomic mass is 9.95. The number of nitrogens with one attached hydrogen (secondary N) is 1. The lowest BCUT2D eigenvalue weighted by molar-refractivity contribution is 0.370. The zero-order valence-corrected chi connectivity index (χ0v) is 19.0. The first-order chi connectivity index (χ1) is 14.8. The highest BCUT2D eigenvalue weighted by atomic mass is 32.2. The van der Waals surface area contributed by atoms with Gasteiger partial charge in [-0.25, -0.2) is 8.42 Å². The number of nitrogens with zero attached hydrogens (tertiary/aromatic N) is 1. The molecule has 3 aromatic rings. The molecule has 4 nitrogen and oxygen atoms in total. The number of fused-ring (bicyclic) bond motifs is 1. The fourth-order valence-electron chi connectivity index (χ4n) is 4.47. The van der Waals surface area contributed by atoms with E-state index in [1.54, 1.807) is 16.4 Å². The van der Waals surface area contributed by atoms with Crippen molar-refractivity contribution in [3.8, 4) is 11.1 Å². The molecule has 1 saturated carbocycles. The van der Waals surface area contributed by atoms with Crippen LogP contribution in [0.5, 0.6) is 0 Å².